The van der Waals surface area contributed by atoms with Crippen molar-refractivity contribution >= 4 is 5.82 Å². The van der Waals surface area contributed by atoms with Gasteiger partial charge in [-0.2, -0.15) is 4.98 Å². The molecule has 1 aromatic carbocycles. The van der Waals surface area contributed by atoms with Gasteiger partial charge < -0.3 is 9.64 Å². The maximum Gasteiger partial charge on any atom is 0.352 e. The van der Waals surface area contributed by atoms with E-state index in [1.165, 1.54) is 6.07 Å². The molecule has 0 radical (unpaired) electrons. The van der Waals surface area contributed by atoms with E-state index in [-0.39, 0.29) is 24.2 Å². The molecule has 1 unspecified atom stereocenters. The van der Waals surface area contributed by atoms with E-state index in [0.717, 1.165) is 18.0 Å². The molecule has 116 valence electrons. The summed E-state index contributed by atoms with van der Waals surface area (Å²) in [5.74, 6) is -0.945. The highest BCUT2D eigenvalue weighted by Crippen LogP contribution is 2.24. The molecule has 5 nitrogen and oxygen atoms in total. The van der Waals surface area contributed by atoms with Crippen molar-refractivity contribution in [3.63, 3.8) is 0 Å². The first kappa shape index (κ1) is 14.5. The third kappa shape index (κ3) is 2.54. The summed E-state index contributed by atoms with van der Waals surface area (Å²) in [4.78, 5) is 17.8. The predicted molar refractivity (Wildman–Crippen MR) is 77.1 cm³/mol. The first-order valence-corrected chi connectivity index (χ1v) is 6.87. The van der Waals surface area contributed by atoms with Gasteiger partial charge in [0, 0.05) is 25.7 Å². The van der Waals surface area contributed by atoms with E-state index in [1.807, 2.05) is 18.9 Å². The summed E-state index contributed by atoms with van der Waals surface area (Å²) < 4.78 is 33.0. The number of benzene rings is 1. The van der Waals surface area contributed by atoms with E-state index in [9.17, 15) is 13.6 Å². The van der Waals surface area contributed by atoms with Crippen LogP contribution in [0.15, 0.2) is 29.1 Å². The molecule has 1 atom stereocenters. The highest BCUT2D eigenvalue weighted by molar-refractivity contribution is 5.45. The van der Waals surface area contributed by atoms with Crippen molar-refractivity contribution in [3.8, 4) is 5.88 Å². The lowest BCUT2D eigenvalue weighted by molar-refractivity contribution is 0.290. The van der Waals surface area contributed by atoms with E-state index >= 15 is 0 Å². The summed E-state index contributed by atoms with van der Waals surface area (Å²) in [6.45, 7) is 2.60. The van der Waals surface area contributed by atoms with Crippen LogP contribution in [0.5, 0.6) is 5.88 Å². The number of hydrogen-bond acceptors (Lipinski definition) is 4. The first-order valence-electron chi connectivity index (χ1n) is 6.87. The van der Waals surface area contributed by atoms with E-state index in [1.54, 1.807) is 10.6 Å². The van der Waals surface area contributed by atoms with Crippen molar-refractivity contribution < 1.29 is 13.5 Å². The van der Waals surface area contributed by atoms with Crippen LogP contribution in [0.2, 0.25) is 0 Å². The van der Waals surface area contributed by atoms with Gasteiger partial charge in [-0.25, -0.2) is 13.6 Å². The molecule has 1 aromatic heterocycles. The van der Waals surface area contributed by atoms with Crippen LogP contribution < -0.4 is 15.3 Å². The predicted octanol–water partition coefficient (Wildman–Crippen LogP) is 1.94. The van der Waals surface area contributed by atoms with E-state index in [4.69, 9.17) is 4.74 Å². The van der Waals surface area contributed by atoms with Crippen LogP contribution >= 0.6 is 0 Å². The summed E-state index contributed by atoms with van der Waals surface area (Å²) >= 11 is 0. The number of rotatable bonds is 3. The van der Waals surface area contributed by atoms with Crippen LogP contribution in [-0.2, 0) is 13.2 Å². The number of hydrogen-bond donors (Lipinski definition) is 0. The number of fused-ring (bicyclic) bond motifs is 1. The Balaban J connectivity index is 1.81. The molecule has 0 aliphatic carbocycles. The van der Waals surface area contributed by atoms with E-state index < -0.39 is 11.6 Å². The molecule has 0 saturated heterocycles. The van der Waals surface area contributed by atoms with Gasteiger partial charge in [0.2, 0.25) is 5.88 Å². The summed E-state index contributed by atoms with van der Waals surface area (Å²) in [7, 11) is 1.89. The molecule has 2 heterocycles. The molecule has 1 aliphatic rings. The van der Waals surface area contributed by atoms with Crippen LogP contribution in [0.25, 0.3) is 0 Å². The van der Waals surface area contributed by atoms with Crippen molar-refractivity contribution in [2.45, 2.75) is 26.1 Å². The van der Waals surface area contributed by atoms with E-state index in [0.29, 0.717) is 12.1 Å². The second kappa shape index (κ2) is 5.40. The maximum absolute atomic E-state index is 13.1. The van der Waals surface area contributed by atoms with Crippen molar-refractivity contribution in [2.75, 3.05) is 11.9 Å². The van der Waals surface area contributed by atoms with Crippen LogP contribution in [-0.4, -0.2) is 22.6 Å². The Kier molecular flexibility index (Phi) is 3.56. The first-order chi connectivity index (χ1) is 10.5. The standard InChI is InChI=1S/C15H15F2N3O2/c1-9-7-20-14(19(9)2)6-13(18-15(20)21)22-8-10-3-4-11(16)12(17)5-10/h3-6,9H,7-8H2,1-2H3. The van der Waals surface area contributed by atoms with Gasteiger partial charge in [-0.05, 0) is 24.6 Å². The Hall–Kier alpha value is -2.44. The Morgan fingerprint density at radius 1 is 1.32 bits per heavy atom. The fourth-order valence-corrected chi connectivity index (χ4v) is 2.41. The zero-order valence-corrected chi connectivity index (χ0v) is 12.2. The van der Waals surface area contributed by atoms with Gasteiger partial charge in [0.25, 0.3) is 0 Å². The second-order valence-corrected chi connectivity index (χ2v) is 5.34. The van der Waals surface area contributed by atoms with Crippen molar-refractivity contribution in [1.29, 1.82) is 0 Å². The molecule has 2 aromatic rings. The lowest BCUT2D eigenvalue weighted by atomic mass is 10.2. The normalized spacial score (nSPS) is 16.7. The van der Waals surface area contributed by atoms with Crippen LogP contribution in [0.4, 0.5) is 14.6 Å². The molecule has 0 saturated carbocycles. The molecule has 7 heteroatoms. The number of anilines is 1. The molecule has 0 fully saturated rings. The Morgan fingerprint density at radius 2 is 2.09 bits per heavy atom. The molecule has 0 bridgehead atoms. The summed E-state index contributed by atoms with van der Waals surface area (Å²) in [6.07, 6.45) is 0. The van der Waals surface area contributed by atoms with Crippen LogP contribution in [0.1, 0.15) is 12.5 Å². The highest BCUT2D eigenvalue weighted by atomic mass is 19.2. The molecule has 0 amide bonds. The fourth-order valence-electron chi connectivity index (χ4n) is 2.41. The number of aromatic nitrogens is 2. The summed E-state index contributed by atoms with van der Waals surface area (Å²) in [6, 6.07) is 5.39. The third-order valence-electron chi connectivity index (χ3n) is 3.81. The largest absolute Gasteiger partial charge is 0.473 e. The minimum Gasteiger partial charge on any atom is -0.473 e. The monoisotopic (exact) mass is 307 g/mol. The number of nitrogens with zero attached hydrogens (tertiary/aromatic N) is 3. The lowest BCUT2D eigenvalue weighted by Gasteiger charge is -2.16. The summed E-state index contributed by atoms with van der Waals surface area (Å²) in [5.41, 5.74) is 0.0806. The molecular weight excluding hydrogens is 292 g/mol. The average Bonchev–Trinajstić information content (AvgIpc) is 2.77. The zero-order chi connectivity index (χ0) is 15.9. The molecule has 0 spiro atoms. The maximum atomic E-state index is 13.1. The van der Waals surface area contributed by atoms with Gasteiger partial charge in [-0.1, -0.05) is 6.07 Å². The van der Waals surface area contributed by atoms with Crippen molar-refractivity contribution in [1.82, 2.24) is 9.55 Å². The van der Waals surface area contributed by atoms with Crippen LogP contribution in [0.3, 0.4) is 0 Å². The minimum absolute atomic E-state index is 0.00631. The number of likely N-dealkylation sites (N-methyl/N-ethyl adjacent to an activating group) is 1. The smallest absolute Gasteiger partial charge is 0.352 e. The molecule has 0 N–H and O–H groups in total. The van der Waals surface area contributed by atoms with Gasteiger partial charge >= 0.3 is 5.69 Å². The SMILES string of the molecule is CC1Cn2c(cc(OCc3ccc(F)c(F)c3)nc2=O)N1C. The average molecular weight is 307 g/mol. The quantitative estimate of drug-likeness (QED) is 0.869. The van der Waals surface area contributed by atoms with Crippen molar-refractivity contribution in [3.05, 3.63) is 51.9 Å². The fraction of sp³-hybridized carbons (Fsp3) is 0.333. The van der Waals surface area contributed by atoms with Gasteiger partial charge in [-0.15, -0.1) is 0 Å². The van der Waals surface area contributed by atoms with Gasteiger partial charge in [0.15, 0.2) is 11.6 Å². The Labute approximate surface area is 125 Å². The second-order valence-electron chi connectivity index (χ2n) is 5.34. The summed E-state index contributed by atoms with van der Waals surface area (Å²) in [5, 5.41) is 0. The zero-order valence-electron chi connectivity index (χ0n) is 12.2. The number of halogens is 2. The Morgan fingerprint density at radius 3 is 2.82 bits per heavy atom. The van der Waals surface area contributed by atoms with E-state index in [2.05, 4.69) is 4.98 Å². The highest BCUT2D eigenvalue weighted by Gasteiger charge is 2.25. The molecular formula is C15H15F2N3O2. The molecule has 3 rings (SSSR count). The molecule has 22 heavy (non-hydrogen) atoms. The van der Waals surface area contributed by atoms with Crippen LogP contribution in [0, 0.1) is 11.6 Å². The third-order valence-corrected chi connectivity index (χ3v) is 3.81. The Bertz CT molecular complexity index is 776. The molecule has 1 aliphatic heterocycles. The lowest BCUT2D eigenvalue weighted by Crippen LogP contribution is -2.23. The topological polar surface area (TPSA) is 47.4 Å². The van der Waals surface area contributed by atoms with Crippen molar-refractivity contribution in [2.24, 2.45) is 0 Å². The van der Waals surface area contributed by atoms with Gasteiger partial charge in [0.05, 0.1) is 0 Å². The van der Waals surface area contributed by atoms with Gasteiger partial charge in [0.1, 0.15) is 12.4 Å². The minimum atomic E-state index is -0.934. The van der Waals surface area contributed by atoms with Gasteiger partial charge in [-0.3, -0.25) is 4.57 Å². The number of ether oxygens (including phenoxy) is 1.